The van der Waals surface area contributed by atoms with E-state index in [2.05, 4.69) is 10.3 Å². The molecule has 126 valence electrons. The SMILES string of the molecule is Cc1cc(C(=O)N2CCNC(=O)C2C(C)C)c2cccc(Cl)c2n1. The van der Waals surface area contributed by atoms with E-state index >= 15 is 0 Å². The molecule has 6 heteroatoms. The molecule has 0 saturated carbocycles. The number of carbonyl (C=O) groups excluding carboxylic acids is 2. The summed E-state index contributed by atoms with van der Waals surface area (Å²) in [7, 11) is 0. The van der Waals surface area contributed by atoms with E-state index < -0.39 is 6.04 Å². The predicted molar refractivity (Wildman–Crippen MR) is 94.2 cm³/mol. The number of rotatable bonds is 2. The van der Waals surface area contributed by atoms with Crippen molar-refractivity contribution in [2.45, 2.75) is 26.8 Å². The molecule has 3 rings (SSSR count). The van der Waals surface area contributed by atoms with Crippen molar-refractivity contribution in [2.24, 2.45) is 5.92 Å². The summed E-state index contributed by atoms with van der Waals surface area (Å²) in [6.45, 7) is 6.70. The molecule has 1 aromatic carbocycles. The van der Waals surface area contributed by atoms with Gasteiger partial charge in [-0.05, 0) is 25.0 Å². The summed E-state index contributed by atoms with van der Waals surface area (Å²) in [4.78, 5) is 31.6. The maximum Gasteiger partial charge on any atom is 0.255 e. The van der Waals surface area contributed by atoms with E-state index in [-0.39, 0.29) is 17.7 Å². The quantitative estimate of drug-likeness (QED) is 0.910. The van der Waals surface area contributed by atoms with Crippen LogP contribution in [0.2, 0.25) is 5.02 Å². The van der Waals surface area contributed by atoms with Crippen molar-refractivity contribution in [3.8, 4) is 0 Å². The number of nitrogens with one attached hydrogen (secondary N) is 1. The molecule has 1 aromatic heterocycles. The van der Waals surface area contributed by atoms with Gasteiger partial charge < -0.3 is 10.2 Å². The van der Waals surface area contributed by atoms with Crippen LogP contribution in [0.5, 0.6) is 0 Å². The molecule has 1 fully saturated rings. The van der Waals surface area contributed by atoms with Gasteiger partial charge in [0.2, 0.25) is 5.91 Å². The van der Waals surface area contributed by atoms with E-state index in [9.17, 15) is 9.59 Å². The fourth-order valence-electron chi connectivity index (χ4n) is 3.25. The summed E-state index contributed by atoms with van der Waals surface area (Å²) in [5.74, 6) is -0.217. The van der Waals surface area contributed by atoms with Gasteiger partial charge in [-0.25, -0.2) is 0 Å². The molecule has 0 aliphatic carbocycles. The number of para-hydroxylation sites is 1. The first-order valence-corrected chi connectivity index (χ1v) is 8.42. The molecular formula is C18H20ClN3O2. The van der Waals surface area contributed by atoms with Gasteiger partial charge in [-0.2, -0.15) is 0 Å². The maximum atomic E-state index is 13.2. The van der Waals surface area contributed by atoms with Gasteiger partial charge in [-0.3, -0.25) is 14.6 Å². The molecule has 0 bridgehead atoms. The van der Waals surface area contributed by atoms with Gasteiger partial charge in [-0.1, -0.05) is 37.6 Å². The van der Waals surface area contributed by atoms with Crippen molar-refractivity contribution in [2.75, 3.05) is 13.1 Å². The minimum atomic E-state index is -0.464. The minimum absolute atomic E-state index is 0.0343. The van der Waals surface area contributed by atoms with Crippen LogP contribution in [-0.4, -0.2) is 40.8 Å². The maximum absolute atomic E-state index is 13.2. The second-order valence-electron chi connectivity index (χ2n) is 6.43. The normalized spacial score (nSPS) is 18.1. The Morgan fingerprint density at radius 2 is 2.17 bits per heavy atom. The molecule has 2 amide bonds. The average Bonchev–Trinajstić information content (AvgIpc) is 2.54. The van der Waals surface area contributed by atoms with E-state index in [0.717, 1.165) is 5.69 Å². The molecule has 1 atom stereocenters. The largest absolute Gasteiger partial charge is 0.353 e. The number of aromatic nitrogens is 1. The van der Waals surface area contributed by atoms with Gasteiger partial charge in [0.05, 0.1) is 16.1 Å². The number of hydrogen-bond acceptors (Lipinski definition) is 3. The Morgan fingerprint density at radius 3 is 2.88 bits per heavy atom. The third-order valence-corrected chi connectivity index (χ3v) is 4.60. The Balaban J connectivity index is 2.11. The van der Waals surface area contributed by atoms with Gasteiger partial charge in [0, 0.05) is 24.2 Å². The van der Waals surface area contributed by atoms with E-state index in [4.69, 9.17) is 11.6 Å². The lowest BCUT2D eigenvalue weighted by Gasteiger charge is -2.37. The van der Waals surface area contributed by atoms with E-state index in [1.165, 1.54) is 0 Å². The van der Waals surface area contributed by atoms with Crippen LogP contribution in [-0.2, 0) is 4.79 Å². The Labute approximate surface area is 146 Å². The highest BCUT2D eigenvalue weighted by Crippen LogP contribution is 2.27. The van der Waals surface area contributed by atoms with Crippen molar-refractivity contribution >= 4 is 34.3 Å². The van der Waals surface area contributed by atoms with Crippen LogP contribution in [0.3, 0.4) is 0 Å². The van der Waals surface area contributed by atoms with Crippen LogP contribution in [0.1, 0.15) is 29.9 Å². The Bertz CT molecular complexity index is 819. The fraction of sp³-hybridized carbons (Fsp3) is 0.389. The third-order valence-electron chi connectivity index (χ3n) is 4.30. The first kappa shape index (κ1) is 16.7. The molecular weight excluding hydrogens is 326 g/mol. The minimum Gasteiger partial charge on any atom is -0.353 e. The van der Waals surface area contributed by atoms with Crippen LogP contribution >= 0.6 is 11.6 Å². The van der Waals surface area contributed by atoms with Gasteiger partial charge in [0.25, 0.3) is 5.91 Å². The Hall–Kier alpha value is -2.14. The Morgan fingerprint density at radius 1 is 1.42 bits per heavy atom. The Kier molecular flexibility index (Phi) is 4.45. The molecule has 1 N–H and O–H groups in total. The standard InChI is InChI=1S/C18H20ClN3O2/c1-10(2)16-17(23)20-7-8-22(16)18(24)13-9-11(3)21-15-12(13)5-4-6-14(15)19/h4-6,9-10,16H,7-8H2,1-3H3,(H,20,23). The average molecular weight is 346 g/mol. The summed E-state index contributed by atoms with van der Waals surface area (Å²) in [5, 5.41) is 4.07. The first-order valence-electron chi connectivity index (χ1n) is 8.04. The highest BCUT2D eigenvalue weighted by molar-refractivity contribution is 6.35. The summed E-state index contributed by atoms with van der Waals surface area (Å²) < 4.78 is 0. The fourth-order valence-corrected chi connectivity index (χ4v) is 3.47. The number of aryl methyl sites for hydroxylation is 1. The first-order chi connectivity index (χ1) is 11.4. The number of pyridine rings is 1. The van der Waals surface area contributed by atoms with Gasteiger partial charge in [-0.15, -0.1) is 0 Å². The molecule has 1 aliphatic heterocycles. The smallest absolute Gasteiger partial charge is 0.255 e. The van der Waals surface area contributed by atoms with Gasteiger partial charge in [0.1, 0.15) is 6.04 Å². The van der Waals surface area contributed by atoms with E-state index in [0.29, 0.717) is 34.6 Å². The van der Waals surface area contributed by atoms with Crippen LogP contribution in [0, 0.1) is 12.8 Å². The molecule has 1 saturated heterocycles. The molecule has 2 aromatic rings. The summed E-state index contributed by atoms with van der Waals surface area (Å²) in [6, 6.07) is 6.71. The van der Waals surface area contributed by atoms with E-state index in [1.54, 1.807) is 23.1 Å². The number of benzene rings is 1. The zero-order chi connectivity index (χ0) is 17.4. The molecule has 2 heterocycles. The highest BCUT2D eigenvalue weighted by Gasteiger charge is 2.36. The molecule has 0 spiro atoms. The lowest BCUT2D eigenvalue weighted by atomic mass is 9.97. The zero-order valence-corrected chi connectivity index (χ0v) is 14.7. The lowest BCUT2D eigenvalue weighted by molar-refractivity contribution is -0.129. The third kappa shape index (κ3) is 2.84. The van der Waals surface area contributed by atoms with Crippen LogP contribution in [0.4, 0.5) is 0 Å². The molecule has 1 aliphatic rings. The lowest BCUT2D eigenvalue weighted by Crippen LogP contribution is -2.59. The molecule has 0 radical (unpaired) electrons. The van der Waals surface area contributed by atoms with Crippen LogP contribution < -0.4 is 5.32 Å². The topological polar surface area (TPSA) is 62.3 Å². The van der Waals surface area contributed by atoms with Crippen molar-refractivity contribution in [1.29, 1.82) is 0 Å². The van der Waals surface area contributed by atoms with Crippen molar-refractivity contribution < 1.29 is 9.59 Å². The number of fused-ring (bicyclic) bond motifs is 1. The van der Waals surface area contributed by atoms with E-state index in [1.807, 2.05) is 26.8 Å². The number of carbonyl (C=O) groups is 2. The number of amides is 2. The number of piperazine rings is 1. The predicted octanol–water partition coefficient (Wildman–Crippen LogP) is 2.79. The van der Waals surface area contributed by atoms with Crippen LogP contribution in [0.25, 0.3) is 10.9 Å². The van der Waals surface area contributed by atoms with Crippen LogP contribution in [0.15, 0.2) is 24.3 Å². The summed E-state index contributed by atoms with van der Waals surface area (Å²) in [5.41, 5.74) is 1.88. The van der Waals surface area contributed by atoms with Crippen molar-refractivity contribution in [3.63, 3.8) is 0 Å². The molecule has 24 heavy (non-hydrogen) atoms. The van der Waals surface area contributed by atoms with Gasteiger partial charge in [0.15, 0.2) is 0 Å². The van der Waals surface area contributed by atoms with Crippen molar-refractivity contribution in [3.05, 3.63) is 40.5 Å². The zero-order valence-electron chi connectivity index (χ0n) is 14.0. The highest BCUT2D eigenvalue weighted by atomic mass is 35.5. The number of hydrogen-bond donors (Lipinski definition) is 1. The van der Waals surface area contributed by atoms with Crippen molar-refractivity contribution in [1.82, 2.24) is 15.2 Å². The summed E-state index contributed by atoms with van der Waals surface area (Å²) >= 11 is 6.24. The summed E-state index contributed by atoms with van der Waals surface area (Å²) in [6.07, 6.45) is 0. The number of halogens is 1. The number of nitrogens with zero attached hydrogens (tertiary/aromatic N) is 2. The second kappa shape index (κ2) is 6.40. The van der Waals surface area contributed by atoms with Gasteiger partial charge >= 0.3 is 0 Å². The molecule has 1 unspecified atom stereocenters. The monoisotopic (exact) mass is 345 g/mol. The molecule has 5 nitrogen and oxygen atoms in total. The second-order valence-corrected chi connectivity index (χ2v) is 6.83.